The maximum absolute atomic E-state index is 11.6. The SMILES string of the molecule is CCC1CCN(C(C)CC(C)(N)C(=O)OC)CC1. The molecule has 0 spiro atoms. The summed E-state index contributed by atoms with van der Waals surface area (Å²) in [6.07, 6.45) is 4.45. The Balaban J connectivity index is 2.46. The molecule has 4 heteroatoms. The van der Waals surface area contributed by atoms with Crippen molar-refractivity contribution in [2.45, 2.75) is 58.0 Å². The molecule has 0 saturated carbocycles. The third kappa shape index (κ3) is 3.95. The highest BCUT2D eigenvalue weighted by Gasteiger charge is 2.33. The van der Waals surface area contributed by atoms with Crippen molar-refractivity contribution in [1.29, 1.82) is 0 Å². The largest absolute Gasteiger partial charge is 0.468 e. The van der Waals surface area contributed by atoms with Crippen LogP contribution in [0.5, 0.6) is 0 Å². The van der Waals surface area contributed by atoms with Crippen LogP contribution in [-0.2, 0) is 9.53 Å². The number of hydrogen-bond acceptors (Lipinski definition) is 4. The first-order chi connectivity index (χ1) is 8.40. The number of carbonyl (C=O) groups is 1. The first-order valence-corrected chi connectivity index (χ1v) is 7.02. The van der Waals surface area contributed by atoms with Gasteiger partial charge in [0, 0.05) is 6.04 Å². The van der Waals surface area contributed by atoms with E-state index in [1.165, 1.54) is 26.4 Å². The Morgan fingerprint density at radius 2 is 2.06 bits per heavy atom. The first kappa shape index (κ1) is 15.4. The number of nitrogens with zero attached hydrogens (tertiary/aromatic N) is 1. The van der Waals surface area contributed by atoms with Crippen molar-refractivity contribution >= 4 is 5.97 Å². The highest BCUT2D eigenvalue weighted by molar-refractivity contribution is 5.79. The van der Waals surface area contributed by atoms with Gasteiger partial charge in [0.15, 0.2) is 0 Å². The van der Waals surface area contributed by atoms with E-state index in [1.54, 1.807) is 6.92 Å². The molecule has 1 saturated heterocycles. The van der Waals surface area contributed by atoms with Gasteiger partial charge in [0.05, 0.1) is 7.11 Å². The summed E-state index contributed by atoms with van der Waals surface area (Å²) < 4.78 is 4.76. The smallest absolute Gasteiger partial charge is 0.325 e. The fourth-order valence-electron chi connectivity index (χ4n) is 2.86. The van der Waals surface area contributed by atoms with E-state index in [9.17, 15) is 4.79 Å². The van der Waals surface area contributed by atoms with E-state index in [0.29, 0.717) is 12.5 Å². The van der Waals surface area contributed by atoms with Crippen molar-refractivity contribution in [3.05, 3.63) is 0 Å². The standard InChI is InChI=1S/C14H28N2O2/c1-5-12-6-8-16(9-7-12)11(2)10-14(3,15)13(17)18-4/h11-12H,5-10,15H2,1-4H3. The highest BCUT2D eigenvalue weighted by Crippen LogP contribution is 2.24. The molecular weight excluding hydrogens is 228 g/mol. The van der Waals surface area contributed by atoms with Crippen molar-refractivity contribution in [3.8, 4) is 0 Å². The number of nitrogens with two attached hydrogens (primary N) is 1. The van der Waals surface area contributed by atoms with E-state index in [1.807, 2.05) is 0 Å². The Kier molecular flexibility index (Phi) is 5.60. The van der Waals surface area contributed by atoms with Gasteiger partial charge < -0.3 is 15.4 Å². The molecule has 2 atom stereocenters. The lowest BCUT2D eigenvalue weighted by Crippen LogP contribution is -2.51. The predicted molar refractivity (Wildman–Crippen MR) is 73.3 cm³/mol. The first-order valence-electron chi connectivity index (χ1n) is 7.02. The summed E-state index contributed by atoms with van der Waals surface area (Å²) in [5.41, 5.74) is 5.15. The van der Waals surface area contributed by atoms with Crippen molar-refractivity contribution < 1.29 is 9.53 Å². The average Bonchev–Trinajstić information content (AvgIpc) is 2.37. The lowest BCUT2D eigenvalue weighted by atomic mass is 9.90. The molecule has 0 aromatic heterocycles. The van der Waals surface area contributed by atoms with Crippen LogP contribution in [0.15, 0.2) is 0 Å². The molecule has 1 heterocycles. The molecule has 0 radical (unpaired) electrons. The molecule has 0 aromatic carbocycles. The van der Waals surface area contributed by atoms with E-state index in [-0.39, 0.29) is 5.97 Å². The summed E-state index contributed by atoms with van der Waals surface area (Å²) >= 11 is 0. The lowest BCUT2D eigenvalue weighted by Gasteiger charge is -2.38. The van der Waals surface area contributed by atoms with Crippen molar-refractivity contribution in [3.63, 3.8) is 0 Å². The molecule has 1 fully saturated rings. The maximum Gasteiger partial charge on any atom is 0.325 e. The van der Waals surface area contributed by atoms with Crippen LogP contribution in [0.25, 0.3) is 0 Å². The molecule has 2 N–H and O–H groups in total. The fraction of sp³-hybridized carbons (Fsp3) is 0.929. The van der Waals surface area contributed by atoms with Crippen LogP contribution in [0.3, 0.4) is 0 Å². The normalized spacial score (nSPS) is 23.4. The fourth-order valence-corrected chi connectivity index (χ4v) is 2.86. The molecule has 0 amide bonds. The van der Waals surface area contributed by atoms with Crippen LogP contribution in [0.1, 0.15) is 46.5 Å². The number of esters is 1. The van der Waals surface area contributed by atoms with Gasteiger partial charge in [-0.2, -0.15) is 0 Å². The van der Waals surface area contributed by atoms with E-state index < -0.39 is 5.54 Å². The van der Waals surface area contributed by atoms with Crippen molar-refractivity contribution in [2.24, 2.45) is 11.7 Å². The van der Waals surface area contributed by atoms with Gasteiger partial charge in [-0.3, -0.25) is 4.79 Å². The van der Waals surface area contributed by atoms with Gasteiger partial charge in [-0.25, -0.2) is 0 Å². The van der Waals surface area contributed by atoms with Gasteiger partial charge in [0.2, 0.25) is 0 Å². The highest BCUT2D eigenvalue weighted by atomic mass is 16.5. The number of rotatable bonds is 5. The molecule has 4 nitrogen and oxygen atoms in total. The minimum atomic E-state index is -0.879. The number of carbonyl (C=O) groups excluding carboxylic acids is 1. The molecule has 2 unspecified atom stereocenters. The van der Waals surface area contributed by atoms with E-state index in [4.69, 9.17) is 10.5 Å². The van der Waals surface area contributed by atoms with E-state index >= 15 is 0 Å². The average molecular weight is 256 g/mol. The second-order valence-electron chi connectivity index (χ2n) is 5.85. The lowest BCUT2D eigenvalue weighted by molar-refractivity contribution is -0.147. The van der Waals surface area contributed by atoms with Crippen LogP contribution in [0.2, 0.25) is 0 Å². The molecule has 0 aliphatic carbocycles. The number of methoxy groups -OCH3 is 1. The van der Waals surface area contributed by atoms with Gasteiger partial charge in [-0.1, -0.05) is 13.3 Å². The van der Waals surface area contributed by atoms with Gasteiger partial charge in [0.25, 0.3) is 0 Å². The Hall–Kier alpha value is -0.610. The van der Waals surface area contributed by atoms with Crippen molar-refractivity contribution in [2.75, 3.05) is 20.2 Å². The van der Waals surface area contributed by atoms with E-state index in [2.05, 4.69) is 18.7 Å². The number of piperidine rings is 1. The zero-order valence-electron chi connectivity index (χ0n) is 12.2. The molecule has 0 bridgehead atoms. The molecule has 18 heavy (non-hydrogen) atoms. The predicted octanol–water partition coefficient (Wildman–Crippen LogP) is 1.78. The molecule has 1 rings (SSSR count). The monoisotopic (exact) mass is 256 g/mol. The number of likely N-dealkylation sites (tertiary alicyclic amines) is 1. The van der Waals surface area contributed by atoms with Crippen LogP contribution in [0, 0.1) is 5.92 Å². The van der Waals surface area contributed by atoms with E-state index in [0.717, 1.165) is 19.0 Å². The van der Waals surface area contributed by atoms with Gasteiger partial charge in [0.1, 0.15) is 5.54 Å². The summed E-state index contributed by atoms with van der Waals surface area (Å²) in [5, 5.41) is 0. The summed E-state index contributed by atoms with van der Waals surface area (Å²) in [4.78, 5) is 14.0. The molecule has 0 aromatic rings. The number of ether oxygens (including phenoxy) is 1. The Labute approximate surface area is 111 Å². The van der Waals surface area contributed by atoms with Gasteiger partial charge >= 0.3 is 5.97 Å². The molecule has 1 aliphatic heterocycles. The van der Waals surface area contributed by atoms with Crippen molar-refractivity contribution in [1.82, 2.24) is 4.90 Å². The maximum atomic E-state index is 11.6. The quantitative estimate of drug-likeness (QED) is 0.762. The Morgan fingerprint density at radius 1 is 1.50 bits per heavy atom. The Bertz CT molecular complexity index is 271. The molecule has 106 valence electrons. The Morgan fingerprint density at radius 3 is 2.50 bits per heavy atom. The van der Waals surface area contributed by atoms with Crippen LogP contribution in [-0.4, -0.2) is 42.6 Å². The zero-order valence-corrected chi connectivity index (χ0v) is 12.2. The summed E-state index contributed by atoms with van der Waals surface area (Å²) in [6, 6.07) is 0.330. The van der Waals surface area contributed by atoms with Crippen LogP contribution >= 0.6 is 0 Å². The third-order valence-electron chi connectivity index (χ3n) is 4.22. The third-order valence-corrected chi connectivity index (χ3v) is 4.22. The van der Waals surface area contributed by atoms with Gasteiger partial charge in [-0.15, -0.1) is 0 Å². The summed E-state index contributed by atoms with van der Waals surface area (Å²) in [6.45, 7) is 8.42. The minimum absolute atomic E-state index is 0.321. The minimum Gasteiger partial charge on any atom is -0.468 e. The summed E-state index contributed by atoms with van der Waals surface area (Å²) in [7, 11) is 1.39. The molecule has 1 aliphatic rings. The van der Waals surface area contributed by atoms with Crippen LogP contribution < -0.4 is 5.73 Å². The second kappa shape index (κ2) is 6.53. The number of hydrogen-bond donors (Lipinski definition) is 1. The topological polar surface area (TPSA) is 55.6 Å². The summed E-state index contributed by atoms with van der Waals surface area (Å²) in [5.74, 6) is 0.552. The second-order valence-corrected chi connectivity index (χ2v) is 5.85. The van der Waals surface area contributed by atoms with Crippen LogP contribution in [0.4, 0.5) is 0 Å². The van der Waals surface area contributed by atoms with Gasteiger partial charge in [-0.05, 0) is 52.1 Å². The zero-order chi connectivity index (χ0) is 13.8. The molecular formula is C14H28N2O2.